The van der Waals surface area contributed by atoms with Crippen molar-refractivity contribution in [1.29, 1.82) is 0 Å². The van der Waals surface area contributed by atoms with Crippen molar-refractivity contribution in [1.82, 2.24) is 10.4 Å². The standard InChI is InChI=1S/C18H16F3N3OS/c19-18(20,21)12-6-1-2-7-13(12)23-24-16(25)10-5-11-17-22-14-8-3-4-9-15(14)26-17/h1-4,6-9,23H,5,10-11H2,(H,24,25). The fourth-order valence-electron chi connectivity index (χ4n) is 2.47. The van der Waals surface area contributed by atoms with Gasteiger partial charge < -0.3 is 0 Å². The van der Waals surface area contributed by atoms with Crippen molar-refractivity contribution in [2.45, 2.75) is 25.4 Å². The second-order valence-corrected chi connectivity index (χ2v) is 6.76. The van der Waals surface area contributed by atoms with Crippen molar-refractivity contribution in [2.75, 3.05) is 5.43 Å². The lowest BCUT2D eigenvalue weighted by Gasteiger charge is -2.14. The molecule has 0 spiro atoms. The van der Waals surface area contributed by atoms with Gasteiger partial charge in [-0.05, 0) is 37.1 Å². The molecule has 0 unspecified atom stereocenters. The molecule has 0 aliphatic carbocycles. The van der Waals surface area contributed by atoms with E-state index in [-0.39, 0.29) is 18.0 Å². The topological polar surface area (TPSA) is 54.0 Å². The van der Waals surface area contributed by atoms with Gasteiger partial charge in [0.05, 0.1) is 26.5 Å². The number of carbonyl (C=O) groups is 1. The number of fused-ring (bicyclic) bond motifs is 1. The molecule has 4 nitrogen and oxygen atoms in total. The maximum absolute atomic E-state index is 12.9. The Morgan fingerprint density at radius 1 is 1.08 bits per heavy atom. The van der Waals surface area contributed by atoms with E-state index in [1.54, 1.807) is 11.3 Å². The smallest absolute Gasteiger partial charge is 0.298 e. The number of aromatic nitrogens is 1. The summed E-state index contributed by atoms with van der Waals surface area (Å²) in [6, 6.07) is 12.8. The molecular formula is C18H16F3N3OS. The molecular weight excluding hydrogens is 363 g/mol. The number of nitrogens with zero attached hydrogens (tertiary/aromatic N) is 1. The summed E-state index contributed by atoms with van der Waals surface area (Å²) in [5, 5.41) is 0.939. The second-order valence-electron chi connectivity index (χ2n) is 5.65. The fourth-order valence-corrected chi connectivity index (χ4v) is 3.47. The first-order valence-electron chi connectivity index (χ1n) is 7.99. The lowest BCUT2D eigenvalue weighted by atomic mass is 10.2. The average molecular weight is 379 g/mol. The third-order valence-electron chi connectivity index (χ3n) is 3.70. The number of halogens is 3. The number of amides is 1. The largest absolute Gasteiger partial charge is 0.418 e. The molecule has 3 rings (SSSR count). The Hall–Kier alpha value is -2.61. The first-order valence-corrected chi connectivity index (χ1v) is 8.80. The molecule has 1 amide bonds. The van der Waals surface area contributed by atoms with E-state index in [1.807, 2.05) is 24.3 Å². The SMILES string of the molecule is O=C(CCCc1nc2ccccc2s1)NNc1ccccc1C(F)(F)F. The number of alkyl halides is 3. The van der Waals surface area contributed by atoms with E-state index < -0.39 is 11.7 Å². The Labute approximate surface area is 152 Å². The number of anilines is 1. The van der Waals surface area contributed by atoms with Crippen molar-refractivity contribution >= 4 is 33.1 Å². The van der Waals surface area contributed by atoms with Gasteiger partial charge in [-0.3, -0.25) is 15.6 Å². The van der Waals surface area contributed by atoms with Crippen molar-refractivity contribution in [3.8, 4) is 0 Å². The molecule has 3 aromatic rings. The highest BCUT2D eigenvalue weighted by Crippen LogP contribution is 2.34. The molecule has 1 heterocycles. The van der Waals surface area contributed by atoms with Gasteiger partial charge in [0, 0.05) is 6.42 Å². The minimum Gasteiger partial charge on any atom is -0.298 e. The van der Waals surface area contributed by atoms with Crippen LogP contribution in [0.25, 0.3) is 10.2 Å². The van der Waals surface area contributed by atoms with E-state index in [1.165, 1.54) is 18.2 Å². The highest BCUT2D eigenvalue weighted by atomic mass is 32.1. The van der Waals surface area contributed by atoms with Crippen LogP contribution >= 0.6 is 11.3 Å². The maximum atomic E-state index is 12.9. The summed E-state index contributed by atoms with van der Waals surface area (Å²) in [7, 11) is 0. The lowest BCUT2D eigenvalue weighted by Crippen LogP contribution is -2.30. The van der Waals surface area contributed by atoms with Gasteiger partial charge in [-0.25, -0.2) is 4.98 Å². The molecule has 0 radical (unpaired) electrons. The van der Waals surface area contributed by atoms with Gasteiger partial charge in [-0.1, -0.05) is 24.3 Å². The van der Waals surface area contributed by atoms with Gasteiger partial charge >= 0.3 is 6.18 Å². The quantitative estimate of drug-likeness (QED) is 0.606. The predicted molar refractivity (Wildman–Crippen MR) is 95.8 cm³/mol. The van der Waals surface area contributed by atoms with Crippen molar-refractivity contribution in [3.63, 3.8) is 0 Å². The first-order chi connectivity index (χ1) is 12.4. The molecule has 0 aliphatic rings. The lowest BCUT2D eigenvalue weighted by molar-refractivity contribution is -0.137. The van der Waals surface area contributed by atoms with Crippen LogP contribution in [0.1, 0.15) is 23.4 Å². The zero-order valence-electron chi connectivity index (χ0n) is 13.6. The number of thiazole rings is 1. The van der Waals surface area contributed by atoms with Crippen molar-refractivity contribution < 1.29 is 18.0 Å². The zero-order valence-corrected chi connectivity index (χ0v) is 14.5. The molecule has 26 heavy (non-hydrogen) atoms. The molecule has 2 aromatic carbocycles. The fraction of sp³-hybridized carbons (Fsp3) is 0.222. The van der Waals surface area contributed by atoms with Crippen LogP contribution in [0.15, 0.2) is 48.5 Å². The number of carbonyl (C=O) groups excluding carboxylic acids is 1. The molecule has 0 bridgehead atoms. The normalized spacial score (nSPS) is 11.5. The Bertz CT molecular complexity index is 875. The number of hydrogen-bond donors (Lipinski definition) is 2. The number of rotatable bonds is 6. The minimum atomic E-state index is -4.48. The third kappa shape index (κ3) is 4.51. The average Bonchev–Trinajstić information content (AvgIpc) is 3.02. The van der Waals surface area contributed by atoms with E-state index in [0.717, 1.165) is 21.3 Å². The predicted octanol–water partition coefficient (Wildman–Crippen LogP) is 4.78. The number of hydrogen-bond acceptors (Lipinski definition) is 4. The van der Waals surface area contributed by atoms with E-state index in [9.17, 15) is 18.0 Å². The number of benzene rings is 2. The summed E-state index contributed by atoms with van der Waals surface area (Å²) in [5.74, 6) is -0.372. The number of nitrogens with one attached hydrogen (secondary N) is 2. The van der Waals surface area contributed by atoms with Crippen LogP contribution < -0.4 is 10.9 Å². The summed E-state index contributed by atoms with van der Waals surface area (Å²) in [4.78, 5) is 16.4. The van der Waals surface area contributed by atoms with Gasteiger partial charge in [-0.2, -0.15) is 13.2 Å². The Balaban J connectivity index is 1.49. The summed E-state index contributed by atoms with van der Waals surface area (Å²) < 4.78 is 39.8. The van der Waals surface area contributed by atoms with Crippen LogP contribution in [-0.4, -0.2) is 10.9 Å². The number of aryl methyl sites for hydroxylation is 1. The van der Waals surface area contributed by atoms with Crippen LogP contribution in [0.3, 0.4) is 0 Å². The molecule has 0 fully saturated rings. The Morgan fingerprint density at radius 3 is 2.58 bits per heavy atom. The summed E-state index contributed by atoms with van der Waals surface area (Å²) in [6.07, 6.45) is -3.08. The molecule has 0 atom stereocenters. The highest BCUT2D eigenvalue weighted by molar-refractivity contribution is 7.18. The molecule has 1 aromatic heterocycles. The van der Waals surface area contributed by atoms with Gasteiger partial charge in [0.2, 0.25) is 5.91 Å². The summed E-state index contributed by atoms with van der Waals surface area (Å²) in [6.45, 7) is 0. The third-order valence-corrected chi connectivity index (χ3v) is 4.80. The van der Waals surface area contributed by atoms with Gasteiger partial charge in [0.1, 0.15) is 0 Å². The molecule has 136 valence electrons. The van der Waals surface area contributed by atoms with Crippen LogP contribution in [0, 0.1) is 0 Å². The van der Waals surface area contributed by atoms with E-state index in [0.29, 0.717) is 12.8 Å². The van der Waals surface area contributed by atoms with Gasteiger partial charge in [-0.15, -0.1) is 11.3 Å². The van der Waals surface area contributed by atoms with E-state index in [4.69, 9.17) is 0 Å². The van der Waals surface area contributed by atoms with Crippen molar-refractivity contribution in [3.05, 3.63) is 59.1 Å². The number of hydrazine groups is 1. The first kappa shape index (κ1) is 18.2. The Kier molecular flexibility index (Phi) is 5.41. The zero-order chi connectivity index (χ0) is 18.6. The van der Waals surface area contributed by atoms with Crippen LogP contribution in [0.2, 0.25) is 0 Å². The van der Waals surface area contributed by atoms with Crippen molar-refractivity contribution in [2.24, 2.45) is 0 Å². The number of para-hydroxylation sites is 2. The van der Waals surface area contributed by atoms with Crippen LogP contribution in [-0.2, 0) is 17.4 Å². The molecule has 8 heteroatoms. The summed E-state index contributed by atoms with van der Waals surface area (Å²) >= 11 is 1.58. The monoisotopic (exact) mass is 379 g/mol. The van der Waals surface area contributed by atoms with E-state index >= 15 is 0 Å². The Morgan fingerprint density at radius 2 is 1.81 bits per heavy atom. The van der Waals surface area contributed by atoms with Gasteiger partial charge in [0.25, 0.3) is 0 Å². The van der Waals surface area contributed by atoms with E-state index in [2.05, 4.69) is 15.8 Å². The molecule has 2 N–H and O–H groups in total. The van der Waals surface area contributed by atoms with Gasteiger partial charge in [0.15, 0.2) is 0 Å². The molecule has 0 saturated heterocycles. The molecule has 0 saturated carbocycles. The maximum Gasteiger partial charge on any atom is 0.418 e. The second kappa shape index (κ2) is 7.74. The molecule has 0 aliphatic heterocycles. The van der Waals surface area contributed by atoms with Crippen LogP contribution in [0.4, 0.5) is 18.9 Å². The minimum absolute atomic E-state index is 0.181. The highest BCUT2D eigenvalue weighted by Gasteiger charge is 2.33. The summed E-state index contributed by atoms with van der Waals surface area (Å²) in [5.41, 5.74) is 4.60. The van der Waals surface area contributed by atoms with Crippen LogP contribution in [0.5, 0.6) is 0 Å².